The average molecular weight is 367 g/mol. The molecule has 1 aliphatic rings. The van der Waals surface area contributed by atoms with Crippen LogP contribution in [0.25, 0.3) is 12.2 Å². The third-order valence-corrected chi connectivity index (χ3v) is 4.74. The molecule has 0 saturated heterocycles. The van der Waals surface area contributed by atoms with Gasteiger partial charge in [0.15, 0.2) is 0 Å². The van der Waals surface area contributed by atoms with Crippen LogP contribution >= 0.6 is 0 Å². The van der Waals surface area contributed by atoms with Crippen molar-refractivity contribution in [2.45, 2.75) is 6.54 Å². The van der Waals surface area contributed by atoms with Crippen LogP contribution in [0.5, 0.6) is 0 Å². The zero-order chi connectivity index (χ0) is 19.5. The second-order valence-electron chi connectivity index (χ2n) is 6.60. The van der Waals surface area contributed by atoms with Crippen LogP contribution in [0.1, 0.15) is 47.8 Å². The maximum absolute atomic E-state index is 12.5. The molecule has 0 atom stereocenters. The number of hydrogen-bond donors (Lipinski definition) is 0. The number of carbonyl (C=O) groups excluding carboxylic acids is 3. The smallest absolute Gasteiger partial charge is 0.261 e. The lowest BCUT2D eigenvalue weighted by Crippen LogP contribution is -2.29. The predicted molar refractivity (Wildman–Crippen MR) is 108 cm³/mol. The van der Waals surface area contributed by atoms with Crippen molar-refractivity contribution in [3.63, 3.8) is 0 Å². The molecule has 3 aromatic rings. The van der Waals surface area contributed by atoms with Crippen molar-refractivity contribution in [1.29, 1.82) is 0 Å². The van der Waals surface area contributed by atoms with Gasteiger partial charge < -0.3 is 0 Å². The van der Waals surface area contributed by atoms with Crippen molar-refractivity contribution in [2.75, 3.05) is 0 Å². The predicted octanol–water partition coefficient (Wildman–Crippen LogP) is 4.47. The Morgan fingerprint density at radius 2 is 1.11 bits per heavy atom. The van der Waals surface area contributed by atoms with E-state index >= 15 is 0 Å². The second kappa shape index (κ2) is 7.45. The van der Waals surface area contributed by atoms with Gasteiger partial charge in [-0.1, -0.05) is 72.8 Å². The van der Waals surface area contributed by atoms with Crippen LogP contribution < -0.4 is 0 Å². The normalized spacial score (nSPS) is 13.2. The minimum atomic E-state index is -0.247. The standard InChI is InChI=1S/C24H17NO3/c26-16-20-13-9-18(10-14-20)6-5-17-7-11-19(12-8-17)15-25-23(27)21-3-1-2-4-22(21)24(25)28/h1-14,16H,15H2. The number of benzene rings is 3. The Morgan fingerprint density at radius 3 is 1.61 bits per heavy atom. The average Bonchev–Trinajstić information content (AvgIpc) is 2.99. The quantitative estimate of drug-likeness (QED) is 0.380. The molecule has 4 nitrogen and oxygen atoms in total. The zero-order valence-corrected chi connectivity index (χ0v) is 15.0. The Kier molecular flexibility index (Phi) is 4.68. The lowest BCUT2D eigenvalue weighted by atomic mass is 10.1. The van der Waals surface area contributed by atoms with Crippen LogP contribution in [-0.2, 0) is 6.54 Å². The van der Waals surface area contributed by atoms with Crippen LogP contribution in [0.2, 0.25) is 0 Å². The summed E-state index contributed by atoms with van der Waals surface area (Å²) in [5.41, 5.74) is 4.48. The van der Waals surface area contributed by atoms with Crippen LogP contribution in [0.4, 0.5) is 0 Å². The fraction of sp³-hybridized carbons (Fsp3) is 0.0417. The Balaban J connectivity index is 1.45. The minimum absolute atomic E-state index is 0.247. The zero-order valence-electron chi connectivity index (χ0n) is 15.0. The summed E-state index contributed by atoms with van der Waals surface area (Å²) in [7, 11) is 0. The van der Waals surface area contributed by atoms with Crippen molar-refractivity contribution >= 4 is 30.3 Å². The molecule has 0 aliphatic carbocycles. The Bertz CT molecular complexity index is 1040. The van der Waals surface area contributed by atoms with E-state index in [9.17, 15) is 14.4 Å². The Morgan fingerprint density at radius 1 is 0.643 bits per heavy atom. The summed E-state index contributed by atoms with van der Waals surface area (Å²) in [5, 5.41) is 0. The first-order valence-corrected chi connectivity index (χ1v) is 8.93. The van der Waals surface area contributed by atoms with Gasteiger partial charge in [-0.3, -0.25) is 19.3 Å². The van der Waals surface area contributed by atoms with Gasteiger partial charge in [-0.2, -0.15) is 0 Å². The summed E-state index contributed by atoms with van der Waals surface area (Å²) >= 11 is 0. The van der Waals surface area contributed by atoms with Crippen molar-refractivity contribution in [3.8, 4) is 0 Å². The first kappa shape index (κ1) is 17.6. The molecule has 4 heteroatoms. The number of rotatable bonds is 5. The van der Waals surface area contributed by atoms with Crippen molar-refractivity contribution in [3.05, 3.63) is 106 Å². The van der Waals surface area contributed by atoms with Gasteiger partial charge in [0.05, 0.1) is 17.7 Å². The molecule has 28 heavy (non-hydrogen) atoms. The summed E-state index contributed by atoms with van der Waals surface area (Å²) in [4.78, 5) is 36.9. The number of hydrogen-bond acceptors (Lipinski definition) is 3. The number of nitrogens with zero attached hydrogens (tertiary/aromatic N) is 1. The van der Waals surface area contributed by atoms with E-state index in [0.717, 1.165) is 23.0 Å². The Hall–Kier alpha value is -3.79. The third kappa shape index (κ3) is 3.40. The third-order valence-electron chi connectivity index (χ3n) is 4.74. The lowest BCUT2D eigenvalue weighted by molar-refractivity contribution is 0.0642. The molecular formula is C24H17NO3. The summed E-state index contributed by atoms with van der Waals surface area (Å²) in [6.45, 7) is 0.253. The monoisotopic (exact) mass is 367 g/mol. The molecule has 0 N–H and O–H groups in total. The van der Waals surface area contributed by atoms with E-state index in [1.165, 1.54) is 4.90 Å². The highest BCUT2D eigenvalue weighted by atomic mass is 16.2. The minimum Gasteiger partial charge on any atom is -0.298 e. The summed E-state index contributed by atoms with van der Waals surface area (Å²) in [5.74, 6) is -0.494. The molecule has 0 radical (unpaired) electrons. The number of carbonyl (C=O) groups is 3. The molecule has 4 rings (SSSR count). The molecule has 1 heterocycles. The van der Waals surface area contributed by atoms with Gasteiger partial charge in [0.25, 0.3) is 11.8 Å². The number of amides is 2. The molecule has 0 fully saturated rings. The van der Waals surface area contributed by atoms with Crippen molar-refractivity contribution < 1.29 is 14.4 Å². The molecule has 0 spiro atoms. The van der Waals surface area contributed by atoms with Crippen LogP contribution in [0.15, 0.2) is 72.8 Å². The van der Waals surface area contributed by atoms with Gasteiger partial charge in [0.1, 0.15) is 6.29 Å². The van der Waals surface area contributed by atoms with Crippen LogP contribution in [0, 0.1) is 0 Å². The SMILES string of the molecule is O=Cc1ccc(C=Cc2ccc(CN3C(=O)c4ccccc4C3=O)cc2)cc1. The van der Waals surface area contributed by atoms with Gasteiger partial charge in [-0.15, -0.1) is 0 Å². The Labute approximate surface area is 162 Å². The lowest BCUT2D eigenvalue weighted by Gasteiger charge is -2.13. The highest BCUT2D eigenvalue weighted by molar-refractivity contribution is 6.21. The van der Waals surface area contributed by atoms with Crippen molar-refractivity contribution in [1.82, 2.24) is 4.90 Å². The summed E-state index contributed by atoms with van der Waals surface area (Å²) < 4.78 is 0. The van der Waals surface area contributed by atoms with Crippen molar-refractivity contribution in [2.24, 2.45) is 0 Å². The molecule has 1 aliphatic heterocycles. The first-order chi connectivity index (χ1) is 13.7. The summed E-state index contributed by atoms with van der Waals surface area (Å²) in [6.07, 6.45) is 4.76. The summed E-state index contributed by atoms with van der Waals surface area (Å²) in [6, 6.07) is 22.0. The van der Waals surface area contributed by atoms with Gasteiger partial charge >= 0.3 is 0 Å². The molecule has 0 unspecified atom stereocenters. The highest BCUT2D eigenvalue weighted by Crippen LogP contribution is 2.24. The second-order valence-corrected chi connectivity index (χ2v) is 6.60. The molecule has 3 aromatic carbocycles. The van der Waals surface area contributed by atoms with E-state index in [2.05, 4.69) is 0 Å². The fourth-order valence-corrected chi connectivity index (χ4v) is 3.18. The highest BCUT2D eigenvalue weighted by Gasteiger charge is 2.34. The maximum atomic E-state index is 12.5. The first-order valence-electron chi connectivity index (χ1n) is 8.93. The molecule has 2 amide bonds. The number of aldehydes is 1. The van der Waals surface area contributed by atoms with E-state index in [4.69, 9.17) is 0 Å². The van der Waals surface area contributed by atoms with Crippen LogP contribution in [0.3, 0.4) is 0 Å². The van der Waals surface area contributed by atoms with E-state index in [0.29, 0.717) is 16.7 Å². The van der Waals surface area contributed by atoms with Gasteiger partial charge in [-0.05, 0) is 28.8 Å². The maximum Gasteiger partial charge on any atom is 0.261 e. The number of imide groups is 1. The molecule has 136 valence electrons. The number of fused-ring (bicyclic) bond motifs is 1. The van der Waals surface area contributed by atoms with Gasteiger partial charge in [-0.25, -0.2) is 0 Å². The largest absolute Gasteiger partial charge is 0.298 e. The van der Waals surface area contributed by atoms with E-state index < -0.39 is 0 Å². The molecule has 0 bridgehead atoms. The van der Waals surface area contributed by atoms with Crippen LogP contribution in [-0.4, -0.2) is 23.0 Å². The molecular weight excluding hydrogens is 350 g/mol. The fourth-order valence-electron chi connectivity index (χ4n) is 3.18. The van der Waals surface area contributed by atoms with Gasteiger partial charge in [0, 0.05) is 5.56 Å². The van der Waals surface area contributed by atoms with E-state index in [-0.39, 0.29) is 18.4 Å². The molecule has 0 aromatic heterocycles. The topological polar surface area (TPSA) is 54.5 Å². The van der Waals surface area contributed by atoms with E-state index in [1.807, 2.05) is 48.6 Å². The van der Waals surface area contributed by atoms with E-state index in [1.54, 1.807) is 36.4 Å². The molecule has 0 saturated carbocycles. The van der Waals surface area contributed by atoms with Gasteiger partial charge in [0.2, 0.25) is 0 Å².